The van der Waals surface area contributed by atoms with Gasteiger partial charge in [-0.1, -0.05) is 6.07 Å². The van der Waals surface area contributed by atoms with E-state index in [2.05, 4.69) is 45.7 Å². The van der Waals surface area contributed by atoms with Gasteiger partial charge in [-0.05, 0) is 69.0 Å². The topological polar surface area (TPSA) is 48.4 Å². The van der Waals surface area contributed by atoms with E-state index in [4.69, 9.17) is 9.97 Å². The zero-order valence-electron chi connectivity index (χ0n) is 19.4. The Morgan fingerprint density at radius 3 is 2.42 bits per heavy atom. The Hall–Kier alpha value is -3.22. The monoisotopic (exact) mass is 446 g/mol. The Morgan fingerprint density at radius 1 is 0.909 bits per heavy atom. The van der Waals surface area contributed by atoms with Gasteiger partial charge in [0.05, 0.1) is 5.69 Å². The third-order valence-corrected chi connectivity index (χ3v) is 6.68. The third-order valence-electron chi connectivity index (χ3n) is 6.68. The fourth-order valence-corrected chi connectivity index (χ4v) is 4.87. The van der Waals surface area contributed by atoms with Gasteiger partial charge in [0.1, 0.15) is 17.5 Å². The molecular weight excluding hydrogens is 415 g/mol. The molecule has 2 fully saturated rings. The fraction of sp³-hybridized carbons (Fsp3) is 0.423. The van der Waals surface area contributed by atoms with Crippen molar-refractivity contribution >= 4 is 17.6 Å². The van der Waals surface area contributed by atoms with Crippen LogP contribution in [0.3, 0.4) is 0 Å². The van der Waals surface area contributed by atoms with Crippen molar-refractivity contribution < 1.29 is 4.39 Å². The number of aryl methyl sites for hydroxylation is 1. The van der Waals surface area contributed by atoms with Gasteiger partial charge in [0.2, 0.25) is 5.95 Å². The first kappa shape index (κ1) is 21.6. The number of hydrogen-bond donors (Lipinski definition) is 0. The van der Waals surface area contributed by atoms with Gasteiger partial charge in [-0.25, -0.2) is 14.4 Å². The highest BCUT2D eigenvalue weighted by atomic mass is 19.1. The van der Waals surface area contributed by atoms with Crippen LogP contribution < -0.4 is 14.7 Å². The molecule has 7 heteroatoms. The second-order valence-electron chi connectivity index (χ2n) is 9.10. The van der Waals surface area contributed by atoms with Crippen LogP contribution in [0.15, 0.2) is 48.7 Å². The number of benzene rings is 1. The van der Waals surface area contributed by atoms with Crippen LogP contribution >= 0.6 is 0 Å². The standard InChI is InChI=1S/C26H31FN6/c1-19-7-6-12-28-25(19)32-15-16-33(20(2)18-32)24-17-23(21-8-10-22(27)11-9-21)29-26(30-24)31-13-4-3-5-14-31/h6-12,17,20H,3-5,13-16,18H2,1-2H3/t20-/m1/s1. The number of halogens is 1. The highest BCUT2D eigenvalue weighted by Crippen LogP contribution is 2.29. The van der Waals surface area contributed by atoms with E-state index in [1.165, 1.54) is 24.1 Å². The average Bonchev–Trinajstić information content (AvgIpc) is 2.85. The van der Waals surface area contributed by atoms with Crippen molar-refractivity contribution in [2.75, 3.05) is 47.4 Å². The summed E-state index contributed by atoms with van der Waals surface area (Å²) in [5.74, 6) is 2.54. The van der Waals surface area contributed by atoms with Crippen molar-refractivity contribution in [1.82, 2.24) is 15.0 Å². The second kappa shape index (κ2) is 9.33. The van der Waals surface area contributed by atoms with Gasteiger partial charge in [-0.2, -0.15) is 4.98 Å². The molecule has 0 aliphatic carbocycles. The van der Waals surface area contributed by atoms with E-state index in [-0.39, 0.29) is 11.9 Å². The molecule has 5 rings (SSSR count). The summed E-state index contributed by atoms with van der Waals surface area (Å²) in [6.45, 7) is 8.94. The molecule has 0 spiro atoms. The number of anilines is 3. The van der Waals surface area contributed by atoms with Crippen LogP contribution in [0.25, 0.3) is 11.3 Å². The maximum atomic E-state index is 13.5. The summed E-state index contributed by atoms with van der Waals surface area (Å²) < 4.78 is 13.5. The molecule has 0 bridgehead atoms. The molecule has 6 nitrogen and oxygen atoms in total. The maximum absolute atomic E-state index is 13.5. The molecule has 2 aliphatic heterocycles. The number of aromatic nitrogens is 3. The Balaban J connectivity index is 1.46. The van der Waals surface area contributed by atoms with Gasteiger partial charge < -0.3 is 14.7 Å². The van der Waals surface area contributed by atoms with Gasteiger partial charge in [-0.3, -0.25) is 0 Å². The van der Waals surface area contributed by atoms with E-state index < -0.39 is 0 Å². The van der Waals surface area contributed by atoms with Crippen LogP contribution in [-0.4, -0.2) is 53.7 Å². The van der Waals surface area contributed by atoms with Gasteiger partial charge in [-0.15, -0.1) is 0 Å². The summed E-state index contributed by atoms with van der Waals surface area (Å²) in [6, 6.07) is 13.0. The number of nitrogens with zero attached hydrogens (tertiary/aromatic N) is 6. The molecule has 1 atom stereocenters. The molecule has 0 unspecified atom stereocenters. The van der Waals surface area contributed by atoms with Crippen LogP contribution in [0.5, 0.6) is 0 Å². The maximum Gasteiger partial charge on any atom is 0.227 e. The van der Waals surface area contributed by atoms with Gasteiger partial charge in [0.25, 0.3) is 0 Å². The Labute approximate surface area is 195 Å². The Morgan fingerprint density at radius 2 is 1.70 bits per heavy atom. The molecule has 2 saturated heterocycles. The molecule has 33 heavy (non-hydrogen) atoms. The molecule has 0 saturated carbocycles. The first-order chi connectivity index (χ1) is 16.1. The summed E-state index contributed by atoms with van der Waals surface area (Å²) in [7, 11) is 0. The molecule has 2 aliphatic rings. The number of pyridine rings is 1. The van der Waals surface area contributed by atoms with E-state index in [0.29, 0.717) is 0 Å². The summed E-state index contributed by atoms with van der Waals surface area (Å²) in [6.07, 6.45) is 5.45. The lowest BCUT2D eigenvalue weighted by Crippen LogP contribution is -2.53. The first-order valence-electron chi connectivity index (χ1n) is 11.9. The van der Waals surface area contributed by atoms with Crippen molar-refractivity contribution in [2.45, 2.75) is 39.2 Å². The van der Waals surface area contributed by atoms with Crippen molar-refractivity contribution in [3.8, 4) is 11.3 Å². The van der Waals surface area contributed by atoms with Crippen LogP contribution in [0.4, 0.5) is 22.0 Å². The molecule has 1 aromatic carbocycles. The molecule has 2 aromatic heterocycles. The summed E-state index contributed by atoms with van der Waals surface area (Å²) in [5, 5.41) is 0. The van der Waals surface area contributed by atoms with E-state index in [9.17, 15) is 4.39 Å². The van der Waals surface area contributed by atoms with Crippen LogP contribution in [0.2, 0.25) is 0 Å². The fourth-order valence-electron chi connectivity index (χ4n) is 4.87. The number of piperidine rings is 1. The largest absolute Gasteiger partial charge is 0.353 e. The van der Waals surface area contributed by atoms with Crippen molar-refractivity contribution in [3.05, 3.63) is 60.0 Å². The lowest BCUT2D eigenvalue weighted by Gasteiger charge is -2.41. The van der Waals surface area contributed by atoms with Crippen molar-refractivity contribution in [1.29, 1.82) is 0 Å². The molecule has 0 radical (unpaired) electrons. The normalized spacial score (nSPS) is 19.1. The molecular formula is C26H31FN6. The zero-order valence-corrected chi connectivity index (χ0v) is 19.4. The molecule has 172 valence electrons. The molecule has 4 heterocycles. The first-order valence-corrected chi connectivity index (χ1v) is 11.9. The highest BCUT2D eigenvalue weighted by molar-refractivity contribution is 5.65. The predicted octanol–water partition coefficient (Wildman–Crippen LogP) is 4.69. The molecule has 0 N–H and O–H groups in total. The highest BCUT2D eigenvalue weighted by Gasteiger charge is 2.28. The van der Waals surface area contributed by atoms with Gasteiger partial charge >= 0.3 is 0 Å². The van der Waals surface area contributed by atoms with Crippen molar-refractivity contribution in [2.24, 2.45) is 0 Å². The number of hydrogen-bond acceptors (Lipinski definition) is 6. The smallest absolute Gasteiger partial charge is 0.227 e. The van der Waals surface area contributed by atoms with Gasteiger partial charge in [0.15, 0.2) is 0 Å². The average molecular weight is 447 g/mol. The van der Waals surface area contributed by atoms with Crippen LogP contribution in [-0.2, 0) is 0 Å². The summed E-state index contributed by atoms with van der Waals surface area (Å²) in [4.78, 5) is 21.6. The SMILES string of the molecule is Cc1cccnc1N1CCN(c2cc(-c3ccc(F)cc3)nc(N3CCCCC3)n2)[C@H](C)C1. The van der Waals surface area contributed by atoms with Gasteiger partial charge in [0, 0.05) is 56.6 Å². The zero-order chi connectivity index (χ0) is 22.8. The molecule has 0 amide bonds. The van der Waals surface area contributed by atoms with E-state index in [0.717, 1.165) is 74.4 Å². The Kier molecular flexibility index (Phi) is 6.11. The number of piperazine rings is 1. The lowest BCUT2D eigenvalue weighted by molar-refractivity contribution is 0.539. The van der Waals surface area contributed by atoms with E-state index in [1.807, 2.05) is 12.3 Å². The minimum absolute atomic E-state index is 0.237. The summed E-state index contributed by atoms with van der Waals surface area (Å²) in [5.41, 5.74) is 2.95. The lowest BCUT2D eigenvalue weighted by atomic mass is 10.1. The van der Waals surface area contributed by atoms with Crippen LogP contribution in [0.1, 0.15) is 31.7 Å². The Bertz CT molecular complexity index is 1100. The van der Waals surface area contributed by atoms with Crippen LogP contribution in [0, 0.1) is 12.7 Å². The number of rotatable bonds is 4. The summed E-state index contributed by atoms with van der Waals surface area (Å²) >= 11 is 0. The third kappa shape index (κ3) is 4.63. The quantitative estimate of drug-likeness (QED) is 0.579. The van der Waals surface area contributed by atoms with E-state index in [1.54, 1.807) is 12.1 Å². The minimum Gasteiger partial charge on any atom is -0.353 e. The second-order valence-corrected chi connectivity index (χ2v) is 9.10. The predicted molar refractivity (Wildman–Crippen MR) is 131 cm³/mol. The van der Waals surface area contributed by atoms with Crippen molar-refractivity contribution in [3.63, 3.8) is 0 Å². The molecule has 3 aromatic rings. The van der Waals surface area contributed by atoms with E-state index >= 15 is 0 Å². The minimum atomic E-state index is -0.237.